The molecule has 0 aromatic carbocycles. The summed E-state index contributed by atoms with van der Waals surface area (Å²) in [5.74, 6) is 0. The number of hydrogen-bond donors (Lipinski definition) is 1. The van der Waals surface area contributed by atoms with E-state index >= 15 is 0 Å². The van der Waals surface area contributed by atoms with Gasteiger partial charge in [0.05, 0.1) is 6.61 Å². The largest absolute Gasteiger partial charge is 0.318 e. The van der Waals surface area contributed by atoms with Crippen molar-refractivity contribution < 1.29 is 9.09 Å². The van der Waals surface area contributed by atoms with Crippen LogP contribution >= 0.6 is 7.52 Å². The molecule has 62 valence electrons. The molecule has 0 spiro atoms. The van der Waals surface area contributed by atoms with E-state index in [0.29, 0.717) is 6.61 Å². The maximum Gasteiger partial charge on any atom is 0.266 e. The molecule has 0 radical (unpaired) electrons. The minimum absolute atomic E-state index is 0.504. The number of nitrogens with one attached hydrogen (secondary N) is 1. The van der Waals surface area contributed by atoms with Crippen molar-refractivity contribution in [3.8, 4) is 0 Å². The Balaban J connectivity index is 3.53. The summed E-state index contributed by atoms with van der Waals surface area (Å²) >= 11 is 0. The highest BCUT2D eigenvalue weighted by atomic mass is 31.2. The van der Waals surface area contributed by atoms with E-state index < -0.39 is 7.52 Å². The predicted octanol–water partition coefficient (Wildman–Crippen LogP) is 1.85. The summed E-state index contributed by atoms with van der Waals surface area (Å²) < 4.78 is 16.2. The monoisotopic (exact) mass is 165 g/mol. The molecule has 0 aromatic heterocycles. The lowest BCUT2D eigenvalue weighted by Crippen LogP contribution is -2.12. The molecular formula is C6H16NO2P. The van der Waals surface area contributed by atoms with Crippen molar-refractivity contribution in [3.05, 3.63) is 0 Å². The fraction of sp³-hybridized carbons (Fsp3) is 1.00. The molecule has 0 aliphatic heterocycles. The van der Waals surface area contributed by atoms with Crippen LogP contribution in [0.1, 0.15) is 20.3 Å². The third-order valence-corrected chi connectivity index (χ3v) is 2.57. The molecule has 3 nitrogen and oxygen atoms in total. The first-order valence-corrected chi connectivity index (χ1v) is 5.66. The summed E-state index contributed by atoms with van der Waals surface area (Å²) in [7, 11) is -2.46. The fourth-order valence-corrected chi connectivity index (χ4v) is 1.82. The van der Waals surface area contributed by atoms with Crippen LogP contribution in [0, 0.1) is 0 Å². The van der Waals surface area contributed by atoms with Crippen LogP contribution in [0.4, 0.5) is 0 Å². The molecule has 1 unspecified atom stereocenters. The summed E-state index contributed by atoms with van der Waals surface area (Å²) in [6.45, 7) is 6.73. The molecule has 1 N–H and O–H groups in total. The molecule has 4 heteroatoms. The van der Waals surface area contributed by atoms with Crippen LogP contribution in [0.25, 0.3) is 0 Å². The van der Waals surface area contributed by atoms with Crippen LogP contribution in [0.3, 0.4) is 0 Å². The summed E-state index contributed by atoms with van der Waals surface area (Å²) in [4.78, 5) is 0. The van der Waals surface area contributed by atoms with Crippen molar-refractivity contribution in [1.29, 1.82) is 0 Å². The predicted molar refractivity (Wildman–Crippen MR) is 43.5 cm³/mol. The zero-order valence-corrected chi connectivity index (χ0v) is 7.78. The minimum Gasteiger partial charge on any atom is -0.318 e. The third-order valence-electron chi connectivity index (χ3n) is 1.02. The summed E-state index contributed by atoms with van der Waals surface area (Å²) in [5.41, 5.74) is 0. The molecule has 1 atom stereocenters. The van der Waals surface area contributed by atoms with E-state index in [1.165, 1.54) is 0 Å². The number of hydrogen-bond acceptors (Lipinski definition) is 2. The van der Waals surface area contributed by atoms with Gasteiger partial charge in [-0.2, -0.15) is 0 Å². The van der Waals surface area contributed by atoms with Crippen LogP contribution < -0.4 is 5.09 Å². The Morgan fingerprint density at radius 2 is 2.10 bits per heavy atom. The average Bonchev–Trinajstić information content (AvgIpc) is 1.84. The van der Waals surface area contributed by atoms with E-state index in [2.05, 4.69) is 5.09 Å². The van der Waals surface area contributed by atoms with Crippen molar-refractivity contribution in [3.63, 3.8) is 0 Å². The van der Waals surface area contributed by atoms with Gasteiger partial charge >= 0.3 is 0 Å². The van der Waals surface area contributed by atoms with E-state index in [0.717, 1.165) is 13.0 Å². The van der Waals surface area contributed by atoms with E-state index in [1.807, 2.05) is 13.8 Å². The second-order valence-corrected chi connectivity index (χ2v) is 4.44. The van der Waals surface area contributed by atoms with E-state index in [-0.39, 0.29) is 0 Å². The van der Waals surface area contributed by atoms with Crippen LogP contribution in [-0.2, 0) is 9.09 Å². The highest BCUT2D eigenvalue weighted by molar-refractivity contribution is 7.56. The van der Waals surface area contributed by atoms with Gasteiger partial charge in [-0.05, 0) is 13.3 Å². The normalized spacial score (nSPS) is 16.7. The molecule has 0 bridgehead atoms. The first-order valence-electron chi connectivity index (χ1n) is 3.59. The molecule has 0 saturated carbocycles. The van der Waals surface area contributed by atoms with Gasteiger partial charge in [0, 0.05) is 13.2 Å². The van der Waals surface area contributed by atoms with Crippen LogP contribution in [0.15, 0.2) is 0 Å². The van der Waals surface area contributed by atoms with Gasteiger partial charge in [0.2, 0.25) is 0 Å². The maximum absolute atomic E-state index is 11.2. The van der Waals surface area contributed by atoms with Gasteiger partial charge in [0.15, 0.2) is 0 Å². The van der Waals surface area contributed by atoms with Crippen molar-refractivity contribution in [2.75, 3.05) is 19.8 Å². The Morgan fingerprint density at radius 1 is 1.50 bits per heavy atom. The molecule has 0 saturated heterocycles. The molecule has 0 fully saturated rings. The van der Waals surface area contributed by atoms with E-state index in [1.54, 1.807) is 6.66 Å². The first-order chi connectivity index (χ1) is 4.62. The van der Waals surface area contributed by atoms with Gasteiger partial charge in [0.25, 0.3) is 7.52 Å². The number of rotatable bonds is 5. The molecule has 0 aliphatic carbocycles. The first kappa shape index (κ1) is 10.2. The Labute approximate surface area is 62.7 Å². The molecule has 0 amide bonds. The molecule has 10 heavy (non-hydrogen) atoms. The van der Waals surface area contributed by atoms with Gasteiger partial charge in [-0.1, -0.05) is 6.92 Å². The van der Waals surface area contributed by atoms with Crippen molar-refractivity contribution in [2.24, 2.45) is 0 Å². The third kappa shape index (κ3) is 4.98. The van der Waals surface area contributed by atoms with Crippen LogP contribution in [0.2, 0.25) is 0 Å². The van der Waals surface area contributed by atoms with Gasteiger partial charge in [-0.3, -0.25) is 4.57 Å². The molecule has 0 aliphatic rings. The highest BCUT2D eigenvalue weighted by Gasteiger charge is 2.11. The summed E-state index contributed by atoms with van der Waals surface area (Å²) in [6.07, 6.45) is 0.977. The SMILES string of the molecule is CCCNP(C)(=O)OCC. The Morgan fingerprint density at radius 3 is 2.50 bits per heavy atom. The minimum atomic E-state index is -2.46. The van der Waals surface area contributed by atoms with Gasteiger partial charge in [0.1, 0.15) is 0 Å². The van der Waals surface area contributed by atoms with Crippen molar-refractivity contribution >= 4 is 7.52 Å². The molecular weight excluding hydrogens is 149 g/mol. The van der Waals surface area contributed by atoms with Gasteiger partial charge in [-0.25, -0.2) is 5.09 Å². The van der Waals surface area contributed by atoms with Gasteiger partial charge < -0.3 is 4.52 Å². The molecule has 0 heterocycles. The van der Waals surface area contributed by atoms with Crippen LogP contribution in [0.5, 0.6) is 0 Å². The lowest BCUT2D eigenvalue weighted by molar-refractivity contribution is 0.329. The summed E-state index contributed by atoms with van der Waals surface area (Å²) in [6, 6.07) is 0. The molecule has 0 rings (SSSR count). The second-order valence-electron chi connectivity index (χ2n) is 2.17. The standard InChI is InChI=1S/C6H16NO2P/c1-4-6-7-10(3,8)9-5-2/h4-6H2,1-3H3,(H,7,8). The zero-order valence-electron chi connectivity index (χ0n) is 6.89. The zero-order chi connectivity index (χ0) is 8.04. The van der Waals surface area contributed by atoms with Gasteiger partial charge in [-0.15, -0.1) is 0 Å². The quantitative estimate of drug-likeness (QED) is 0.632. The Bertz CT molecular complexity index is 127. The Kier molecular flexibility index (Phi) is 4.96. The topological polar surface area (TPSA) is 38.3 Å². The maximum atomic E-state index is 11.2. The highest BCUT2D eigenvalue weighted by Crippen LogP contribution is 2.36. The Hall–Kier alpha value is 0.150. The van der Waals surface area contributed by atoms with Crippen molar-refractivity contribution in [1.82, 2.24) is 5.09 Å². The molecule has 0 aromatic rings. The lowest BCUT2D eigenvalue weighted by atomic mass is 10.5. The van der Waals surface area contributed by atoms with E-state index in [9.17, 15) is 4.57 Å². The summed E-state index contributed by atoms with van der Waals surface area (Å²) in [5, 5.41) is 2.84. The average molecular weight is 165 g/mol. The van der Waals surface area contributed by atoms with Crippen molar-refractivity contribution in [2.45, 2.75) is 20.3 Å². The second kappa shape index (κ2) is 4.89. The smallest absolute Gasteiger partial charge is 0.266 e. The van der Waals surface area contributed by atoms with E-state index in [4.69, 9.17) is 4.52 Å². The fourth-order valence-electron chi connectivity index (χ4n) is 0.607. The van der Waals surface area contributed by atoms with Crippen LogP contribution in [-0.4, -0.2) is 19.8 Å². The lowest BCUT2D eigenvalue weighted by Gasteiger charge is -2.12.